The third kappa shape index (κ3) is 7.63. The van der Waals surface area contributed by atoms with Gasteiger partial charge in [0.05, 0.1) is 33.0 Å². The van der Waals surface area contributed by atoms with Crippen LogP contribution in [0.25, 0.3) is 0 Å². The molecule has 0 saturated carbocycles. The highest BCUT2D eigenvalue weighted by molar-refractivity contribution is 9.12. The van der Waals surface area contributed by atoms with Crippen LogP contribution in [0.3, 0.4) is 0 Å². The predicted octanol–water partition coefficient (Wildman–Crippen LogP) is 9.19. The Morgan fingerprint density at radius 3 is 2.08 bits per heavy atom. The molecule has 6 rings (SSSR count). The largest absolute Gasteiger partial charge is 0.511 e. The van der Waals surface area contributed by atoms with Gasteiger partial charge in [-0.3, -0.25) is 9.79 Å². The van der Waals surface area contributed by atoms with Gasteiger partial charge in [0.15, 0.2) is 0 Å². The molecule has 0 saturated heterocycles. The van der Waals surface area contributed by atoms with Gasteiger partial charge in [-0.25, -0.2) is 9.98 Å². The van der Waals surface area contributed by atoms with Crippen molar-refractivity contribution in [1.82, 2.24) is 14.7 Å². The summed E-state index contributed by atoms with van der Waals surface area (Å²) < 4.78 is 0.919. The first-order valence-corrected chi connectivity index (χ1v) is 20.5. The molecular weight excluding hydrogens is 724 g/mol. The lowest BCUT2D eigenvalue weighted by atomic mass is 9.82. The number of aliphatic hydroxyl groups excluding tert-OH is 1. The first-order chi connectivity index (χ1) is 25.2. The summed E-state index contributed by atoms with van der Waals surface area (Å²) in [6.45, 7) is 16.6. The van der Waals surface area contributed by atoms with Crippen LogP contribution in [0.5, 0.6) is 0 Å². The van der Waals surface area contributed by atoms with Crippen LogP contribution in [0.2, 0.25) is 0 Å². The van der Waals surface area contributed by atoms with Gasteiger partial charge in [-0.2, -0.15) is 0 Å². The molecule has 8 nitrogen and oxygen atoms in total. The molecule has 0 aromatic carbocycles. The Morgan fingerprint density at radius 2 is 1.45 bits per heavy atom. The van der Waals surface area contributed by atoms with Gasteiger partial charge in [-0.15, -0.1) is 0 Å². The molecule has 1 amide bonds. The molecule has 9 heteroatoms. The van der Waals surface area contributed by atoms with Crippen molar-refractivity contribution in [3.8, 4) is 0 Å². The molecule has 4 heterocycles. The van der Waals surface area contributed by atoms with Gasteiger partial charge in [0.1, 0.15) is 5.76 Å². The molecule has 0 aromatic rings. The quantitative estimate of drug-likeness (QED) is 0.202. The van der Waals surface area contributed by atoms with E-state index in [1.807, 2.05) is 0 Å². The number of rotatable bonds is 13. The van der Waals surface area contributed by atoms with E-state index in [2.05, 4.69) is 113 Å². The molecule has 53 heavy (non-hydrogen) atoms. The van der Waals surface area contributed by atoms with E-state index in [9.17, 15) is 9.90 Å². The number of carbonyl (C=O) groups is 1. The second-order valence-corrected chi connectivity index (χ2v) is 16.8. The van der Waals surface area contributed by atoms with E-state index < -0.39 is 0 Å². The number of hydrogen-bond acceptors (Lipinski definition) is 7. The summed E-state index contributed by atoms with van der Waals surface area (Å²) in [7, 11) is 8.34. The molecular formula is C44H59BrN6O2. The third-order valence-electron chi connectivity index (χ3n) is 12.0. The summed E-state index contributed by atoms with van der Waals surface area (Å²) in [5, 5.41) is 11.6. The maximum absolute atomic E-state index is 14.0. The van der Waals surface area contributed by atoms with Crippen molar-refractivity contribution >= 4 is 39.0 Å². The zero-order valence-corrected chi connectivity index (χ0v) is 35.3. The third-order valence-corrected chi connectivity index (χ3v) is 12.8. The minimum Gasteiger partial charge on any atom is -0.511 e. The summed E-state index contributed by atoms with van der Waals surface area (Å²) in [5.41, 5.74) is 16.3. The maximum Gasteiger partial charge on any atom is 0.222 e. The molecule has 0 unspecified atom stereocenters. The number of aliphatic hydroxyl groups is 1. The number of aliphatic imine (C=N–C) groups is 3. The minimum absolute atomic E-state index is 0.0331. The van der Waals surface area contributed by atoms with Crippen molar-refractivity contribution in [2.45, 2.75) is 92.9 Å². The van der Waals surface area contributed by atoms with E-state index in [1.165, 1.54) is 27.9 Å². The van der Waals surface area contributed by atoms with Gasteiger partial charge in [0.25, 0.3) is 0 Å². The van der Waals surface area contributed by atoms with E-state index in [-0.39, 0.29) is 17.7 Å². The highest BCUT2D eigenvalue weighted by atomic mass is 79.9. The smallest absolute Gasteiger partial charge is 0.222 e. The number of hydrogen-bond donors (Lipinski definition) is 1. The number of allylic oxidation sites excluding steroid dienone is 13. The Morgan fingerprint density at radius 1 is 0.830 bits per heavy atom. The van der Waals surface area contributed by atoms with Crippen molar-refractivity contribution in [3.05, 3.63) is 89.6 Å². The molecule has 0 spiro atoms. The lowest BCUT2D eigenvalue weighted by Gasteiger charge is -2.26. The lowest BCUT2D eigenvalue weighted by molar-refractivity contribution is -0.131. The van der Waals surface area contributed by atoms with Crippen LogP contribution in [0.15, 0.2) is 105 Å². The second kappa shape index (κ2) is 16.1. The Kier molecular flexibility index (Phi) is 12.0. The fraction of sp³-hybridized carbons (Fsp3) is 0.545. The monoisotopic (exact) mass is 782 g/mol. The fourth-order valence-electron chi connectivity index (χ4n) is 8.97. The Hall–Kier alpha value is -3.40. The van der Waals surface area contributed by atoms with Crippen LogP contribution in [0.4, 0.5) is 0 Å². The van der Waals surface area contributed by atoms with Gasteiger partial charge in [-0.05, 0) is 173 Å². The van der Waals surface area contributed by atoms with Crippen LogP contribution in [0.1, 0.15) is 92.9 Å². The minimum atomic E-state index is 0.0331. The molecule has 2 aliphatic carbocycles. The van der Waals surface area contributed by atoms with Crippen molar-refractivity contribution in [3.63, 3.8) is 0 Å². The highest BCUT2D eigenvalue weighted by Crippen LogP contribution is 2.51. The van der Waals surface area contributed by atoms with Crippen molar-refractivity contribution < 1.29 is 9.90 Å². The molecule has 0 fully saturated rings. The molecule has 1 N–H and O–H groups in total. The van der Waals surface area contributed by atoms with Gasteiger partial charge >= 0.3 is 0 Å². The van der Waals surface area contributed by atoms with Crippen LogP contribution in [-0.4, -0.2) is 97.2 Å². The zero-order chi connectivity index (χ0) is 38.3. The summed E-state index contributed by atoms with van der Waals surface area (Å²) in [4.78, 5) is 36.5. The Bertz CT molecular complexity index is 1920. The molecule has 0 aromatic heterocycles. The van der Waals surface area contributed by atoms with Crippen LogP contribution < -0.4 is 0 Å². The van der Waals surface area contributed by atoms with Crippen molar-refractivity contribution in [2.75, 3.05) is 54.4 Å². The van der Waals surface area contributed by atoms with E-state index >= 15 is 0 Å². The molecule has 0 radical (unpaired) electrons. The summed E-state index contributed by atoms with van der Waals surface area (Å²) in [6, 6.07) is 0. The Labute approximate surface area is 326 Å². The molecule has 2 atom stereocenters. The van der Waals surface area contributed by atoms with E-state index in [4.69, 9.17) is 15.0 Å². The molecule has 6 aliphatic rings. The first-order valence-electron chi connectivity index (χ1n) is 19.7. The van der Waals surface area contributed by atoms with Gasteiger partial charge < -0.3 is 19.8 Å². The van der Waals surface area contributed by atoms with Crippen molar-refractivity contribution in [1.29, 1.82) is 0 Å². The average molecular weight is 784 g/mol. The number of fused-ring (bicyclic) bond motifs is 5. The molecule has 4 aliphatic heterocycles. The number of nitrogens with zero attached hydrogens (tertiary/aromatic N) is 6. The maximum atomic E-state index is 14.0. The predicted molar refractivity (Wildman–Crippen MR) is 224 cm³/mol. The van der Waals surface area contributed by atoms with Gasteiger partial charge in [-0.1, -0.05) is 20.8 Å². The van der Waals surface area contributed by atoms with E-state index in [1.54, 1.807) is 0 Å². The highest BCUT2D eigenvalue weighted by Gasteiger charge is 2.42. The normalized spacial score (nSPS) is 22.7. The van der Waals surface area contributed by atoms with E-state index in [0.717, 1.165) is 119 Å². The fourth-order valence-corrected chi connectivity index (χ4v) is 9.81. The van der Waals surface area contributed by atoms with Gasteiger partial charge in [0, 0.05) is 49.1 Å². The summed E-state index contributed by atoms with van der Waals surface area (Å²) in [5.74, 6) is 0.732. The SMILES string of the molecule is CCC1=C(C)C2=NC1=CC1=C(C)C3=C(O)CC(=C3C1)C1=NC(=C(Br)C3=NC(=C2)C(CC)=C3C)[C@@H](C)[C@@H]1CCC(=O)N(CCCN(C)C)CCCN(C)C. The molecule has 284 valence electrons. The number of amides is 1. The number of halogens is 1. The topological polar surface area (TPSA) is 84.1 Å². The van der Waals surface area contributed by atoms with E-state index in [0.29, 0.717) is 25.0 Å². The molecule has 8 bridgehead atoms. The summed E-state index contributed by atoms with van der Waals surface area (Å²) in [6.07, 6.45) is 10.5. The number of carbonyl (C=O) groups excluding carboxylic acids is 1. The van der Waals surface area contributed by atoms with Crippen LogP contribution >= 0.6 is 15.9 Å². The summed E-state index contributed by atoms with van der Waals surface area (Å²) >= 11 is 4.05. The van der Waals surface area contributed by atoms with Crippen molar-refractivity contribution in [2.24, 2.45) is 26.8 Å². The Balaban J connectivity index is 1.42. The zero-order valence-electron chi connectivity index (χ0n) is 33.7. The van der Waals surface area contributed by atoms with Crippen LogP contribution in [-0.2, 0) is 4.79 Å². The lowest BCUT2D eigenvalue weighted by Crippen LogP contribution is -2.36. The van der Waals surface area contributed by atoms with Gasteiger partial charge in [0.2, 0.25) is 5.91 Å². The van der Waals surface area contributed by atoms with Crippen LogP contribution in [0, 0.1) is 11.8 Å². The average Bonchev–Trinajstić information content (AvgIpc) is 3.87. The standard InChI is InChI=1S/C44H59BrN6O2/c1-11-30-26(4)35-24-37-31(12-2)27(5)42(47-37)41(45)43-28(6)32(15-16-39(53)51(19-13-17-49(7)8)20-14-18-50(9)10)44(48-43)34-23-38(52)40-25(3)29(21-33(34)40)22-36(30)46-35/h22,24,28,32,52H,11-21,23H2,1-10H3/t28-,32-/m0/s1. The second-order valence-electron chi connectivity index (χ2n) is 16.0. The first kappa shape index (κ1) is 39.3.